The molecule has 0 heterocycles. The minimum absolute atomic E-state index is 0.575. The minimum Gasteiger partial charge on any atom is -0.236 e. The van der Waals surface area contributed by atoms with Crippen molar-refractivity contribution in [1.82, 2.24) is 0 Å². The lowest BCUT2D eigenvalue weighted by Gasteiger charge is -1.80. The van der Waals surface area contributed by atoms with E-state index in [4.69, 9.17) is 0 Å². The van der Waals surface area contributed by atoms with Crippen LogP contribution in [0, 0.1) is 0 Å². The monoisotopic (exact) mass is 191 g/mol. The van der Waals surface area contributed by atoms with Gasteiger partial charge in [0.25, 0.3) is 0 Å². The third-order valence-corrected chi connectivity index (χ3v) is 0.866. The summed E-state index contributed by atoms with van der Waals surface area (Å²) in [6.07, 6.45) is 2.79. The maximum absolute atomic E-state index is 12.1. The van der Waals surface area contributed by atoms with Crippen molar-refractivity contribution in [3.8, 4) is 0 Å². The Bertz CT molecular complexity index is 156. The smallest absolute Gasteiger partial charge is 0.212 e. The number of hydrogen-bond donors (Lipinski definition) is 0. The molecule has 0 atom stereocenters. The van der Waals surface area contributed by atoms with Crippen LogP contribution in [0.2, 0.25) is 0 Å². The molecule has 3 heteroatoms. The van der Waals surface area contributed by atoms with Crippen molar-refractivity contribution >= 4 is 22.6 Å². The van der Waals surface area contributed by atoms with Crippen LogP contribution in [0.15, 0.2) is 27.6 Å². The summed E-state index contributed by atoms with van der Waals surface area (Å²) < 4.78 is 12.9. The topological polar surface area (TPSA) is 12.4 Å². The summed E-state index contributed by atoms with van der Waals surface area (Å²) in [5.74, 6) is -0.575. The van der Waals surface area contributed by atoms with Crippen molar-refractivity contribution in [2.75, 3.05) is 0 Å². The molecule has 0 rings (SSSR count). The van der Waals surface area contributed by atoms with Crippen LogP contribution in [0.25, 0.3) is 0 Å². The van der Waals surface area contributed by atoms with Crippen LogP contribution in [0.4, 0.5) is 4.39 Å². The van der Waals surface area contributed by atoms with Crippen molar-refractivity contribution in [2.24, 2.45) is 4.99 Å². The van der Waals surface area contributed by atoms with Crippen LogP contribution < -0.4 is 0 Å². The normalized spacial score (nSPS) is 13.7. The van der Waals surface area contributed by atoms with Crippen LogP contribution in [0.1, 0.15) is 6.92 Å². The Labute approximate surface area is 62.1 Å². The molecule has 0 radical (unpaired) electrons. The highest BCUT2D eigenvalue weighted by molar-refractivity contribution is 9.11. The van der Waals surface area contributed by atoms with E-state index < -0.39 is 5.95 Å². The first-order valence-corrected chi connectivity index (χ1v) is 3.12. The first-order chi connectivity index (χ1) is 4.16. The quantitative estimate of drug-likeness (QED) is 0.362. The molecule has 50 valence electrons. The molecule has 0 fully saturated rings. The van der Waals surface area contributed by atoms with E-state index in [1.54, 1.807) is 13.0 Å². The van der Waals surface area contributed by atoms with Crippen molar-refractivity contribution < 1.29 is 4.39 Å². The Hall–Kier alpha value is -0.440. The van der Waals surface area contributed by atoms with Crippen molar-refractivity contribution in [2.45, 2.75) is 6.92 Å². The van der Waals surface area contributed by atoms with Crippen LogP contribution in [-0.2, 0) is 0 Å². The molecule has 0 spiro atoms. The van der Waals surface area contributed by atoms with E-state index in [0.717, 1.165) is 4.48 Å². The van der Waals surface area contributed by atoms with Crippen LogP contribution in [0.5, 0.6) is 0 Å². The highest BCUT2D eigenvalue weighted by Gasteiger charge is 1.81. The Morgan fingerprint density at radius 3 is 2.56 bits per heavy atom. The standard InChI is InChI=1S/C6H7BrFN/c1-5(7)3-4-6(8)9-2/h3-4H,2H2,1H3/b5-3+,6-4-. The molecule has 0 aromatic heterocycles. The predicted molar refractivity (Wildman–Crippen MR) is 41.4 cm³/mol. The molecule has 0 aliphatic rings. The summed E-state index contributed by atoms with van der Waals surface area (Å²) in [5, 5.41) is 0. The molecule has 0 aliphatic heterocycles. The van der Waals surface area contributed by atoms with Gasteiger partial charge in [0.15, 0.2) is 0 Å². The Balaban J connectivity index is 3.98. The van der Waals surface area contributed by atoms with E-state index in [1.165, 1.54) is 6.08 Å². The average Bonchev–Trinajstić information content (AvgIpc) is 1.83. The van der Waals surface area contributed by atoms with Gasteiger partial charge < -0.3 is 0 Å². The lowest BCUT2D eigenvalue weighted by Crippen LogP contribution is -1.61. The molecule has 0 N–H and O–H groups in total. The summed E-state index contributed by atoms with van der Waals surface area (Å²) in [7, 11) is 0. The Morgan fingerprint density at radius 1 is 1.67 bits per heavy atom. The number of aliphatic imine (C=N–C) groups is 1. The molecule has 0 saturated carbocycles. The van der Waals surface area contributed by atoms with Gasteiger partial charge in [-0.2, -0.15) is 4.39 Å². The average molecular weight is 192 g/mol. The SMILES string of the molecule is C=N/C(F)=C\C=C(/C)Br. The maximum Gasteiger partial charge on any atom is 0.212 e. The van der Waals surface area contributed by atoms with Gasteiger partial charge in [0.1, 0.15) is 0 Å². The zero-order valence-corrected chi connectivity index (χ0v) is 6.65. The highest BCUT2D eigenvalue weighted by atomic mass is 79.9. The third-order valence-electron chi connectivity index (χ3n) is 0.602. The zero-order chi connectivity index (χ0) is 7.28. The molecule has 0 saturated heterocycles. The fourth-order valence-electron chi connectivity index (χ4n) is 0.236. The molecular weight excluding hydrogens is 185 g/mol. The molecule has 0 amide bonds. The third kappa shape index (κ3) is 5.43. The molecule has 0 aromatic rings. The Kier molecular flexibility index (Phi) is 4.22. The van der Waals surface area contributed by atoms with E-state index in [1.807, 2.05) is 0 Å². The van der Waals surface area contributed by atoms with Crippen molar-refractivity contribution in [3.63, 3.8) is 0 Å². The largest absolute Gasteiger partial charge is 0.236 e. The summed E-state index contributed by atoms with van der Waals surface area (Å²) in [6.45, 7) is 4.80. The summed E-state index contributed by atoms with van der Waals surface area (Å²) in [6, 6.07) is 0. The summed E-state index contributed by atoms with van der Waals surface area (Å²) in [5.41, 5.74) is 0. The number of nitrogens with zero attached hydrogens (tertiary/aromatic N) is 1. The molecule has 0 unspecified atom stereocenters. The van der Waals surface area contributed by atoms with Crippen LogP contribution >= 0.6 is 15.9 Å². The number of rotatable bonds is 2. The van der Waals surface area contributed by atoms with Gasteiger partial charge in [0, 0.05) is 0 Å². The zero-order valence-electron chi connectivity index (χ0n) is 5.06. The number of halogens is 2. The van der Waals surface area contributed by atoms with Crippen molar-refractivity contribution in [3.05, 3.63) is 22.6 Å². The first-order valence-electron chi connectivity index (χ1n) is 2.33. The van der Waals surface area contributed by atoms with Crippen molar-refractivity contribution in [1.29, 1.82) is 0 Å². The summed E-state index contributed by atoms with van der Waals surface area (Å²) in [4.78, 5) is 3.04. The molecule has 1 nitrogen and oxygen atoms in total. The minimum atomic E-state index is -0.575. The van der Waals surface area contributed by atoms with Gasteiger partial charge >= 0.3 is 0 Å². The predicted octanol–water partition coefficient (Wildman–Crippen LogP) is 2.80. The molecule has 9 heavy (non-hydrogen) atoms. The van der Waals surface area contributed by atoms with E-state index in [2.05, 4.69) is 27.6 Å². The molecular formula is C6H7BrFN. The number of hydrogen-bond acceptors (Lipinski definition) is 1. The van der Waals surface area contributed by atoms with Gasteiger partial charge in [-0.3, -0.25) is 0 Å². The molecule has 0 bridgehead atoms. The highest BCUT2D eigenvalue weighted by Crippen LogP contribution is 2.04. The Morgan fingerprint density at radius 2 is 2.22 bits per heavy atom. The molecule has 0 aromatic carbocycles. The van der Waals surface area contributed by atoms with Gasteiger partial charge in [-0.05, 0) is 30.3 Å². The number of allylic oxidation sites excluding steroid dienone is 3. The van der Waals surface area contributed by atoms with Crippen LogP contribution in [0.3, 0.4) is 0 Å². The van der Waals surface area contributed by atoms with E-state index in [9.17, 15) is 4.39 Å². The van der Waals surface area contributed by atoms with Crippen LogP contribution in [-0.4, -0.2) is 6.72 Å². The van der Waals surface area contributed by atoms with Gasteiger partial charge in [-0.15, -0.1) is 0 Å². The summed E-state index contributed by atoms with van der Waals surface area (Å²) >= 11 is 3.12. The van der Waals surface area contributed by atoms with E-state index in [-0.39, 0.29) is 0 Å². The van der Waals surface area contributed by atoms with Gasteiger partial charge in [-0.1, -0.05) is 15.9 Å². The maximum atomic E-state index is 12.1. The molecule has 0 aliphatic carbocycles. The van der Waals surface area contributed by atoms with Gasteiger partial charge in [0.05, 0.1) is 0 Å². The van der Waals surface area contributed by atoms with Gasteiger partial charge in [-0.25, -0.2) is 4.99 Å². The van der Waals surface area contributed by atoms with E-state index >= 15 is 0 Å². The lowest BCUT2D eigenvalue weighted by molar-refractivity contribution is 0.630. The first kappa shape index (κ1) is 8.56. The lowest BCUT2D eigenvalue weighted by atomic mass is 10.5. The fraction of sp³-hybridized carbons (Fsp3) is 0.167. The fourth-order valence-corrected chi connectivity index (χ4v) is 0.368. The second-order valence-corrected chi connectivity index (χ2v) is 2.65. The second-order valence-electron chi connectivity index (χ2n) is 1.40. The van der Waals surface area contributed by atoms with Gasteiger partial charge in [0.2, 0.25) is 5.95 Å². The second kappa shape index (κ2) is 4.44. The van der Waals surface area contributed by atoms with E-state index in [0.29, 0.717) is 0 Å².